The van der Waals surface area contributed by atoms with Gasteiger partial charge < -0.3 is 10.1 Å². The van der Waals surface area contributed by atoms with Gasteiger partial charge in [0.05, 0.1) is 23.8 Å². The number of nitrogens with one attached hydrogen (secondary N) is 1. The summed E-state index contributed by atoms with van der Waals surface area (Å²) in [4.78, 5) is 12.5. The van der Waals surface area contributed by atoms with E-state index in [-0.39, 0.29) is 16.8 Å². The number of amides is 1. The lowest BCUT2D eigenvalue weighted by atomic mass is 10.0. The van der Waals surface area contributed by atoms with E-state index in [2.05, 4.69) is 5.32 Å². The molecule has 0 radical (unpaired) electrons. The Morgan fingerprint density at radius 2 is 1.74 bits per heavy atom. The van der Waals surface area contributed by atoms with E-state index in [1.165, 1.54) is 6.26 Å². The van der Waals surface area contributed by atoms with Crippen molar-refractivity contribution in [3.63, 3.8) is 0 Å². The van der Waals surface area contributed by atoms with Crippen LogP contribution in [-0.4, -0.2) is 33.4 Å². The van der Waals surface area contributed by atoms with Crippen molar-refractivity contribution < 1.29 is 17.9 Å². The van der Waals surface area contributed by atoms with Gasteiger partial charge in [-0.15, -0.1) is 11.8 Å². The second-order valence-electron chi connectivity index (χ2n) is 6.21. The third-order valence-electron chi connectivity index (χ3n) is 4.12. The lowest BCUT2D eigenvalue weighted by Gasteiger charge is -2.18. The number of sulfone groups is 1. The highest BCUT2D eigenvalue weighted by Crippen LogP contribution is 2.20. The summed E-state index contributed by atoms with van der Waals surface area (Å²) in [5, 5.41) is 3.02. The van der Waals surface area contributed by atoms with Crippen molar-refractivity contribution in [3.8, 4) is 5.75 Å². The normalized spacial score (nSPS) is 12.4. The molecule has 5 nitrogen and oxygen atoms in total. The van der Waals surface area contributed by atoms with Crippen LogP contribution in [0.15, 0.2) is 53.4 Å². The van der Waals surface area contributed by atoms with E-state index in [1.54, 1.807) is 43.1 Å². The lowest BCUT2D eigenvalue weighted by Crippen LogP contribution is -2.29. The number of hydrogen-bond donors (Lipinski definition) is 1. The molecule has 1 unspecified atom stereocenters. The molecule has 0 spiro atoms. The van der Waals surface area contributed by atoms with E-state index >= 15 is 0 Å². The van der Waals surface area contributed by atoms with Crippen LogP contribution in [0.5, 0.6) is 5.75 Å². The standard InChI is InChI=1S/C20H25NO4S2/c1-4-19(16-7-11-18(12-8-16)27(3,23)24)21-20(22)14-26-13-15-5-9-17(25-2)10-6-15/h5-12,19H,4,13-14H2,1-3H3,(H,21,22). The smallest absolute Gasteiger partial charge is 0.230 e. The molecule has 0 bridgehead atoms. The number of benzene rings is 2. The minimum absolute atomic E-state index is 0.0347. The highest BCUT2D eigenvalue weighted by Gasteiger charge is 2.14. The van der Waals surface area contributed by atoms with Crippen molar-refractivity contribution in [2.75, 3.05) is 19.1 Å². The maximum Gasteiger partial charge on any atom is 0.230 e. The summed E-state index contributed by atoms with van der Waals surface area (Å²) in [6.07, 6.45) is 1.91. The van der Waals surface area contributed by atoms with Crippen molar-refractivity contribution in [1.82, 2.24) is 5.32 Å². The monoisotopic (exact) mass is 407 g/mol. The molecule has 2 rings (SSSR count). The third kappa shape index (κ3) is 6.59. The fraction of sp³-hybridized carbons (Fsp3) is 0.350. The average Bonchev–Trinajstić information content (AvgIpc) is 2.66. The molecule has 0 heterocycles. The van der Waals surface area contributed by atoms with Gasteiger partial charge in [0.2, 0.25) is 5.91 Å². The van der Waals surface area contributed by atoms with Gasteiger partial charge in [0.1, 0.15) is 5.75 Å². The van der Waals surface area contributed by atoms with Crippen molar-refractivity contribution in [2.45, 2.75) is 30.0 Å². The Hall–Kier alpha value is -1.99. The summed E-state index contributed by atoms with van der Waals surface area (Å²) in [5.41, 5.74) is 2.04. The summed E-state index contributed by atoms with van der Waals surface area (Å²) >= 11 is 1.55. The van der Waals surface area contributed by atoms with Crippen LogP contribution in [0.3, 0.4) is 0 Å². The first-order valence-corrected chi connectivity index (χ1v) is 11.7. The van der Waals surface area contributed by atoms with Gasteiger partial charge in [-0.3, -0.25) is 4.79 Å². The van der Waals surface area contributed by atoms with E-state index in [9.17, 15) is 13.2 Å². The van der Waals surface area contributed by atoms with Gasteiger partial charge in [0.25, 0.3) is 0 Å². The molecule has 1 atom stereocenters. The van der Waals surface area contributed by atoms with E-state index < -0.39 is 9.84 Å². The lowest BCUT2D eigenvalue weighted by molar-refractivity contribution is -0.119. The molecule has 2 aromatic carbocycles. The molecule has 1 amide bonds. The Morgan fingerprint density at radius 1 is 1.11 bits per heavy atom. The van der Waals surface area contributed by atoms with E-state index in [0.29, 0.717) is 5.75 Å². The zero-order valence-corrected chi connectivity index (χ0v) is 17.4. The van der Waals surface area contributed by atoms with Crippen LogP contribution in [0.1, 0.15) is 30.5 Å². The molecular weight excluding hydrogens is 382 g/mol. The third-order valence-corrected chi connectivity index (χ3v) is 6.25. The molecule has 0 aliphatic carbocycles. The molecule has 27 heavy (non-hydrogen) atoms. The largest absolute Gasteiger partial charge is 0.497 e. The highest BCUT2D eigenvalue weighted by atomic mass is 32.2. The molecule has 1 N–H and O–H groups in total. The number of methoxy groups -OCH3 is 1. The summed E-state index contributed by atoms with van der Waals surface area (Å²) in [7, 11) is -1.58. The topological polar surface area (TPSA) is 72.5 Å². The minimum Gasteiger partial charge on any atom is -0.497 e. The predicted molar refractivity (Wildman–Crippen MR) is 110 cm³/mol. The molecule has 146 valence electrons. The van der Waals surface area contributed by atoms with Crippen molar-refractivity contribution in [1.29, 1.82) is 0 Å². The number of rotatable bonds is 9. The number of carbonyl (C=O) groups is 1. The SMILES string of the molecule is CCC(NC(=O)CSCc1ccc(OC)cc1)c1ccc(S(C)(=O)=O)cc1. The number of thioether (sulfide) groups is 1. The fourth-order valence-electron chi connectivity index (χ4n) is 2.59. The van der Waals surface area contributed by atoms with Gasteiger partial charge >= 0.3 is 0 Å². The summed E-state index contributed by atoms with van der Waals surface area (Å²) in [6, 6.07) is 14.3. The van der Waals surface area contributed by atoms with Gasteiger partial charge in [-0.1, -0.05) is 31.2 Å². The van der Waals surface area contributed by atoms with Crippen LogP contribution < -0.4 is 10.1 Å². The van der Waals surface area contributed by atoms with E-state index in [0.717, 1.165) is 29.1 Å². The van der Waals surface area contributed by atoms with Gasteiger partial charge in [-0.25, -0.2) is 8.42 Å². The Balaban J connectivity index is 1.86. The average molecular weight is 408 g/mol. The summed E-state index contributed by atoms with van der Waals surface area (Å²) in [6.45, 7) is 1.99. The minimum atomic E-state index is -3.22. The van der Waals surface area contributed by atoms with Crippen LogP contribution in [0, 0.1) is 0 Å². The van der Waals surface area contributed by atoms with E-state index in [4.69, 9.17) is 4.74 Å². The number of ether oxygens (including phenoxy) is 1. The van der Waals surface area contributed by atoms with Gasteiger partial charge in [-0.2, -0.15) is 0 Å². The van der Waals surface area contributed by atoms with Crippen LogP contribution in [0.2, 0.25) is 0 Å². The summed E-state index contributed by atoms with van der Waals surface area (Å²) in [5.74, 6) is 1.89. The van der Waals surface area contributed by atoms with Crippen LogP contribution >= 0.6 is 11.8 Å². The molecule has 0 fully saturated rings. The zero-order chi connectivity index (χ0) is 19.9. The molecule has 0 aliphatic heterocycles. The molecule has 0 saturated carbocycles. The molecule has 0 saturated heterocycles. The Kier molecular flexibility index (Phi) is 7.74. The molecule has 7 heteroatoms. The second-order valence-corrected chi connectivity index (χ2v) is 9.21. The molecular formula is C20H25NO4S2. The van der Waals surface area contributed by atoms with Gasteiger partial charge in [0, 0.05) is 12.0 Å². The predicted octanol–water partition coefficient (Wildman–Crippen LogP) is 3.60. The first-order chi connectivity index (χ1) is 12.8. The number of carbonyl (C=O) groups excluding carboxylic acids is 1. The first kappa shape index (κ1) is 21.3. The molecule has 0 aromatic heterocycles. The van der Waals surface area contributed by atoms with Gasteiger partial charge in [-0.05, 0) is 41.8 Å². The maximum atomic E-state index is 12.3. The molecule has 2 aromatic rings. The maximum absolute atomic E-state index is 12.3. The first-order valence-electron chi connectivity index (χ1n) is 8.63. The van der Waals surface area contributed by atoms with Crippen molar-refractivity contribution in [3.05, 3.63) is 59.7 Å². The number of hydrogen-bond acceptors (Lipinski definition) is 5. The highest BCUT2D eigenvalue weighted by molar-refractivity contribution is 7.99. The van der Waals surface area contributed by atoms with E-state index in [1.807, 2.05) is 31.2 Å². The Morgan fingerprint density at radius 3 is 2.26 bits per heavy atom. The van der Waals surface area contributed by atoms with Crippen LogP contribution in [0.25, 0.3) is 0 Å². The van der Waals surface area contributed by atoms with Crippen molar-refractivity contribution in [2.24, 2.45) is 0 Å². The van der Waals surface area contributed by atoms with Crippen LogP contribution in [0.4, 0.5) is 0 Å². The second kappa shape index (κ2) is 9.80. The Labute approximate surface area is 165 Å². The quantitative estimate of drug-likeness (QED) is 0.688. The van der Waals surface area contributed by atoms with Crippen LogP contribution in [-0.2, 0) is 20.4 Å². The Bertz CT molecular complexity index is 847. The van der Waals surface area contributed by atoms with Gasteiger partial charge in [0.15, 0.2) is 9.84 Å². The fourth-order valence-corrected chi connectivity index (χ4v) is 4.02. The zero-order valence-electron chi connectivity index (χ0n) is 15.8. The molecule has 0 aliphatic rings. The van der Waals surface area contributed by atoms with Crippen molar-refractivity contribution >= 4 is 27.5 Å². The summed E-state index contributed by atoms with van der Waals surface area (Å²) < 4.78 is 28.2.